The molecule has 0 saturated carbocycles. The molecule has 1 saturated heterocycles. The van der Waals surface area contributed by atoms with E-state index in [0.717, 1.165) is 5.92 Å². The second-order valence-corrected chi connectivity index (χ2v) is 5.37. The summed E-state index contributed by atoms with van der Waals surface area (Å²) in [4.78, 5) is 2.52. The maximum absolute atomic E-state index is 6.06. The Morgan fingerprint density at radius 2 is 2.00 bits per heavy atom. The quantitative estimate of drug-likeness (QED) is 0.847. The zero-order chi connectivity index (χ0) is 12.3. The second kappa shape index (κ2) is 5.54. The summed E-state index contributed by atoms with van der Waals surface area (Å²) in [6.45, 7) is 6.78. The van der Waals surface area contributed by atoms with Gasteiger partial charge < -0.3 is 10.6 Å². The van der Waals surface area contributed by atoms with E-state index in [4.69, 9.17) is 5.73 Å². The van der Waals surface area contributed by atoms with E-state index in [1.54, 1.807) is 0 Å². The number of nitrogens with zero attached hydrogens (tertiary/aromatic N) is 1. The number of hydrogen-bond acceptors (Lipinski definition) is 2. The summed E-state index contributed by atoms with van der Waals surface area (Å²) in [5.41, 5.74) is 8.68. The Bertz CT molecular complexity index is 360. The lowest BCUT2D eigenvalue weighted by atomic mass is 10.0. The molecule has 0 radical (unpaired) electrons. The molecular weight excluding hydrogens is 208 g/mol. The fraction of sp³-hybridized carbons (Fsp3) is 0.600. The van der Waals surface area contributed by atoms with Crippen LogP contribution in [0.5, 0.6) is 0 Å². The summed E-state index contributed by atoms with van der Waals surface area (Å²) in [5.74, 6) is 0.863. The van der Waals surface area contributed by atoms with Gasteiger partial charge in [-0.15, -0.1) is 0 Å². The highest BCUT2D eigenvalue weighted by molar-refractivity contribution is 5.54. The van der Waals surface area contributed by atoms with Crippen molar-refractivity contribution in [3.63, 3.8) is 0 Å². The van der Waals surface area contributed by atoms with Crippen LogP contribution < -0.4 is 10.6 Å². The van der Waals surface area contributed by atoms with Crippen molar-refractivity contribution in [3.05, 3.63) is 29.8 Å². The number of nitrogens with two attached hydrogens (primary N) is 1. The van der Waals surface area contributed by atoms with Crippen LogP contribution in [-0.4, -0.2) is 13.1 Å². The topological polar surface area (TPSA) is 29.3 Å². The Labute approximate surface area is 105 Å². The summed E-state index contributed by atoms with van der Waals surface area (Å²) in [7, 11) is 0. The molecule has 1 heterocycles. The summed E-state index contributed by atoms with van der Waals surface area (Å²) < 4.78 is 0. The highest BCUT2D eigenvalue weighted by atomic mass is 15.1. The molecule has 2 rings (SSSR count). The van der Waals surface area contributed by atoms with E-state index in [0.29, 0.717) is 0 Å². The third kappa shape index (κ3) is 3.01. The van der Waals surface area contributed by atoms with Crippen molar-refractivity contribution in [2.75, 3.05) is 18.0 Å². The molecule has 94 valence electrons. The van der Waals surface area contributed by atoms with Gasteiger partial charge in [0.05, 0.1) is 0 Å². The average molecular weight is 232 g/mol. The highest BCUT2D eigenvalue weighted by Crippen LogP contribution is 2.28. The van der Waals surface area contributed by atoms with Crippen LogP contribution in [0.4, 0.5) is 5.69 Å². The zero-order valence-electron chi connectivity index (χ0n) is 11.0. The fourth-order valence-corrected chi connectivity index (χ4v) is 2.66. The Morgan fingerprint density at radius 3 is 2.76 bits per heavy atom. The third-order valence-electron chi connectivity index (χ3n) is 3.78. The van der Waals surface area contributed by atoms with Gasteiger partial charge in [-0.2, -0.15) is 0 Å². The summed E-state index contributed by atoms with van der Waals surface area (Å²) in [5, 5.41) is 0. The van der Waals surface area contributed by atoms with Crippen LogP contribution in [0.1, 0.15) is 44.7 Å². The van der Waals surface area contributed by atoms with E-state index in [1.165, 1.54) is 43.6 Å². The molecule has 0 aliphatic carbocycles. The first-order chi connectivity index (χ1) is 8.18. The minimum atomic E-state index is 0.117. The first kappa shape index (κ1) is 12.4. The summed E-state index contributed by atoms with van der Waals surface area (Å²) >= 11 is 0. The zero-order valence-corrected chi connectivity index (χ0v) is 11.0. The molecule has 1 unspecified atom stereocenters. The molecule has 2 heteroatoms. The molecule has 0 aromatic heterocycles. The van der Waals surface area contributed by atoms with Crippen molar-refractivity contribution in [2.45, 2.75) is 39.2 Å². The molecule has 17 heavy (non-hydrogen) atoms. The van der Waals surface area contributed by atoms with Crippen LogP contribution in [0.2, 0.25) is 0 Å². The molecule has 1 fully saturated rings. The summed E-state index contributed by atoms with van der Waals surface area (Å²) in [6.07, 6.45) is 3.96. The molecule has 1 aliphatic heterocycles. The van der Waals surface area contributed by atoms with E-state index in [2.05, 4.69) is 43.0 Å². The molecule has 0 bridgehead atoms. The maximum atomic E-state index is 6.06. The Kier molecular flexibility index (Phi) is 4.06. The first-order valence-corrected chi connectivity index (χ1v) is 6.78. The van der Waals surface area contributed by atoms with Gasteiger partial charge in [-0.1, -0.05) is 25.1 Å². The number of para-hydroxylation sites is 1. The highest BCUT2D eigenvalue weighted by Gasteiger charge is 2.17. The number of benzene rings is 1. The second-order valence-electron chi connectivity index (χ2n) is 5.37. The average Bonchev–Trinajstić information content (AvgIpc) is 2.54. The van der Waals surface area contributed by atoms with Gasteiger partial charge in [-0.05, 0) is 43.7 Å². The van der Waals surface area contributed by atoms with Gasteiger partial charge in [0.2, 0.25) is 0 Å². The molecule has 0 spiro atoms. The lowest BCUT2D eigenvalue weighted by molar-refractivity contribution is 0.521. The van der Waals surface area contributed by atoms with Gasteiger partial charge in [-0.25, -0.2) is 0 Å². The standard InChI is InChI=1S/C15H24N2/c1-12-6-5-10-17(11-9-12)15-8-4-3-7-14(15)13(2)16/h3-4,7-8,12-13H,5-6,9-11,16H2,1-2H3/t12?,13-/m0/s1. The van der Waals surface area contributed by atoms with Gasteiger partial charge in [0, 0.05) is 24.8 Å². The third-order valence-corrected chi connectivity index (χ3v) is 3.78. The summed E-state index contributed by atoms with van der Waals surface area (Å²) in [6, 6.07) is 8.70. The van der Waals surface area contributed by atoms with Gasteiger partial charge in [0.25, 0.3) is 0 Å². The monoisotopic (exact) mass is 232 g/mol. The minimum absolute atomic E-state index is 0.117. The van der Waals surface area contributed by atoms with E-state index in [-0.39, 0.29) is 6.04 Å². The Balaban J connectivity index is 2.21. The van der Waals surface area contributed by atoms with Gasteiger partial charge in [0.15, 0.2) is 0 Å². The molecule has 2 nitrogen and oxygen atoms in total. The number of hydrogen-bond donors (Lipinski definition) is 1. The van der Waals surface area contributed by atoms with E-state index < -0.39 is 0 Å². The van der Waals surface area contributed by atoms with Crippen LogP contribution >= 0.6 is 0 Å². The molecule has 1 aromatic rings. The van der Waals surface area contributed by atoms with Crippen LogP contribution in [0.15, 0.2) is 24.3 Å². The predicted octanol–water partition coefficient (Wildman–Crippen LogP) is 3.33. The minimum Gasteiger partial charge on any atom is -0.371 e. The van der Waals surface area contributed by atoms with Gasteiger partial charge in [0.1, 0.15) is 0 Å². The van der Waals surface area contributed by atoms with E-state index in [1.807, 2.05) is 0 Å². The van der Waals surface area contributed by atoms with Crippen LogP contribution in [0, 0.1) is 5.92 Å². The smallest absolute Gasteiger partial charge is 0.0414 e. The lowest BCUT2D eigenvalue weighted by Gasteiger charge is -2.26. The van der Waals surface area contributed by atoms with E-state index >= 15 is 0 Å². The van der Waals surface area contributed by atoms with Crippen molar-refractivity contribution >= 4 is 5.69 Å². The van der Waals surface area contributed by atoms with Gasteiger partial charge >= 0.3 is 0 Å². The van der Waals surface area contributed by atoms with Crippen molar-refractivity contribution in [1.29, 1.82) is 0 Å². The molecule has 2 atom stereocenters. The predicted molar refractivity (Wildman–Crippen MR) is 74.3 cm³/mol. The SMILES string of the molecule is CC1CCCN(c2ccccc2[C@H](C)N)CC1. The van der Waals surface area contributed by atoms with Crippen LogP contribution in [0.3, 0.4) is 0 Å². The lowest BCUT2D eigenvalue weighted by Crippen LogP contribution is -2.26. The van der Waals surface area contributed by atoms with Gasteiger partial charge in [-0.3, -0.25) is 0 Å². The Morgan fingerprint density at radius 1 is 1.24 bits per heavy atom. The van der Waals surface area contributed by atoms with Crippen molar-refractivity contribution in [3.8, 4) is 0 Å². The molecule has 1 aliphatic rings. The van der Waals surface area contributed by atoms with Crippen LogP contribution in [0.25, 0.3) is 0 Å². The van der Waals surface area contributed by atoms with Crippen LogP contribution in [-0.2, 0) is 0 Å². The molecular formula is C15H24N2. The fourth-order valence-electron chi connectivity index (χ4n) is 2.66. The van der Waals surface area contributed by atoms with Crippen molar-refractivity contribution in [1.82, 2.24) is 0 Å². The molecule has 1 aromatic carbocycles. The van der Waals surface area contributed by atoms with E-state index in [9.17, 15) is 0 Å². The Hall–Kier alpha value is -1.02. The van der Waals surface area contributed by atoms with Crippen molar-refractivity contribution in [2.24, 2.45) is 11.7 Å². The molecule has 0 amide bonds. The normalized spacial score (nSPS) is 23.2. The van der Waals surface area contributed by atoms with Crippen molar-refractivity contribution < 1.29 is 0 Å². The molecule has 2 N–H and O–H groups in total. The number of anilines is 1. The largest absolute Gasteiger partial charge is 0.371 e. The maximum Gasteiger partial charge on any atom is 0.0414 e. The number of rotatable bonds is 2. The first-order valence-electron chi connectivity index (χ1n) is 6.78.